The maximum atomic E-state index is 5.85. The van der Waals surface area contributed by atoms with Gasteiger partial charge in [0, 0.05) is 18.2 Å². The molecule has 19 heavy (non-hydrogen) atoms. The molecule has 0 N–H and O–H groups in total. The van der Waals surface area contributed by atoms with Gasteiger partial charge in [0.25, 0.3) is 0 Å². The first-order valence-electron chi connectivity index (χ1n) is 6.82. The van der Waals surface area contributed by atoms with Gasteiger partial charge in [-0.2, -0.15) is 0 Å². The predicted octanol–water partition coefficient (Wildman–Crippen LogP) is 2.37. The quantitative estimate of drug-likeness (QED) is 0.771. The van der Waals surface area contributed by atoms with Crippen molar-refractivity contribution < 1.29 is 9.22 Å². The maximum absolute atomic E-state index is 5.85. The van der Waals surface area contributed by atoms with Crippen LogP contribution in [-0.2, 0) is 6.54 Å². The molecule has 0 spiro atoms. The third-order valence-electron chi connectivity index (χ3n) is 4.02. The summed E-state index contributed by atoms with van der Waals surface area (Å²) in [5, 5.41) is 0. The largest absolute Gasteiger partial charge is 0.458 e. The van der Waals surface area contributed by atoms with Gasteiger partial charge in [-0.15, -0.1) is 0 Å². The fourth-order valence-electron chi connectivity index (χ4n) is 2.84. The summed E-state index contributed by atoms with van der Waals surface area (Å²) in [7, 11) is 4.26. The van der Waals surface area contributed by atoms with E-state index in [1.165, 1.54) is 11.3 Å². The van der Waals surface area contributed by atoms with Crippen molar-refractivity contribution in [3.05, 3.63) is 53.9 Å². The molecule has 0 aliphatic carbocycles. The lowest BCUT2D eigenvalue weighted by atomic mass is 10.1. The number of benzene rings is 1. The average Bonchev–Trinajstić information content (AvgIpc) is 2.72. The van der Waals surface area contributed by atoms with Crippen LogP contribution < -0.4 is 4.74 Å². The highest BCUT2D eigenvalue weighted by atomic mass is 16.5. The number of fused-ring (bicyclic) bond motifs is 2. The minimum atomic E-state index is 0.981. The summed E-state index contributed by atoms with van der Waals surface area (Å²) in [5.74, 6) is 1.00. The van der Waals surface area contributed by atoms with E-state index >= 15 is 0 Å². The number of nitrogens with zero attached hydrogens (tertiary/aromatic N) is 2. The standard InChI is InChI=1S/C16H21N2O/c1-17(2)9-11-18-10-5-7-15(18)13-19-16-8-4-3-6-14(16)12-18/h3-8,13H,9-12H2,1-2H3/q+1. The van der Waals surface area contributed by atoms with Crippen LogP contribution in [0.4, 0.5) is 0 Å². The second-order valence-corrected chi connectivity index (χ2v) is 5.68. The Labute approximate surface area is 115 Å². The molecule has 0 amide bonds. The first-order valence-corrected chi connectivity index (χ1v) is 6.82. The van der Waals surface area contributed by atoms with Crippen molar-refractivity contribution in [2.24, 2.45) is 0 Å². The number of allylic oxidation sites excluding steroid dienone is 1. The van der Waals surface area contributed by atoms with Gasteiger partial charge in [-0.05, 0) is 32.3 Å². The molecule has 0 bridgehead atoms. The molecule has 0 aromatic heterocycles. The van der Waals surface area contributed by atoms with Crippen LogP contribution in [-0.4, -0.2) is 43.1 Å². The topological polar surface area (TPSA) is 12.5 Å². The summed E-state index contributed by atoms with van der Waals surface area (Å²) < 4.78 is 6.83. The average molecular weight is 257 g/mol. The van der Waals surface area contributed by atoms with Gasteiger partial charge in [0.1, 0.15) is 18.8 Å². The summed E-state index contributed by atoms with van der Waals surface area (Å²) in [4.78, 5) is 2.25. The molecular formula is C16H21N2O+. The SMILES string of the molecule is CN(C)CC[N+]12CC=CC1=COc1ccccc1C2. The molecule has 1 aromatic rings. The van der Waals surface area contributed by atoms with E-state index in [2.05, 4.69) is 49.3 Å². The van der Waals surface area contributed by atoms with Gasteiger partial charge in [-0.25, -0.2) is 0 Å². The summed E-state index contributed by atoms with van der Waals surface area (Å²) in [5.41, 5.74) is 2.59. The molecule has 2 heterocycles. The third kappa shape index (κ3) is 2.31. The van der Waals surface area contributed by atoms with Crippen molar-refractivity contribution >= 4 is 0 Å². The van der Waals surface area contributed by atoms with Crippen molar-refractivity contribution in [2.45, 2.75) is 6.54 Å². The van der Waals surface area contributed by atoms with E-state index in [1.54, 1.807) is 0 Å². The van der Waals surface area contributed by atoms with Crippen molar-refractivity contribution in [3.63, 3.8) is 0 Å². The molecule has 1 atom stereocenters. The van der Waals surface area contributed by atoms with Crippen LogP contribution >= 0.6 is 0 Å². The van der Waals surface area contributed by atoms with Crippen LogP contribution in [0.15, 0.2) is 48.4 Å². The van der Waals surface area contributed by atoms with E-state index in [0.717, 1.165) is 36.4 Å². The Morgan fingerprint density at radius 1 is 1.26 bits per heavy atom. The third-order valence-corrected chi connectivity index (χ3v) is 4.02. The van der Waals surface area contributed by atoms with Crippen LogP contribution in [0.5, 0.6) is 5.75 Å². The minimum Gasteiger partial charge on any atom is -0.458 e. The predicted molar refractivity (Wildman–Crippen MR) is 76.5 cm³/mol. The van der Waals surface area contributed by atoms with E-state index in [4.69, 9.17) is 4.74 Å². The summed E-state index contributed by atoms with van der Waals surface area (Å²) in [6.45, 7) is 4.28. The van der Waals surface area contributed by atoms with Gasteiger partial charge in [0.15, 0.2) is 12.0 Å². The molecule has 3 nitrogen and oxygen atoms in total. The van der Waals surface area contributed by atoms with E-state index in [9.17, 15) is 0 Å². The van der Waals surface area contributed by atoms with E-state index in [0.29, 0.717) is 0 Å². The summed E-state index contributed by atoms with van der Waals surface area (Å²) >= 11 is 0. The molecule has 100 valence electrons. The molecule has 1 unspecified atom stereocenters. The minimum absolute atomic E-state index is 0.981. The first-order chi connectivity index (χ1) is 9.20. The van der Waals surface area contributed by atoms with Crippen molar-refractivity contribution in [2.75, 3.05) is 33.7 Å². The zero-order valence-corrected chi connectivity index (χ0v) is 11.7. The molecule has 3 heteroatoms. The highest BCUT2D eigenvalue weighted by Gasteiger charge is 2.37. The Balaban J connectivity index is 1.93. The second kappa shape index (κ2) is 4.83. The molecular weight excluding hydrogens is 236 g/mol. The van der Waals surface area contributed by atoms with Gasteiger partial charge in [-0.3, -0.25) is 4.48 Å². The highest BCUT2D eigenvalue weighted by molar-refractivity contribution is 5.35. The van der Waals surface area contributed by atoms with Gasteiger partial charge >= 0.3 is 0 Å². The van der Waals surface area contributed by atoms with Gasteiger partial charge in [0.2, 0.25) is 0 Å². The number of hydrogen-bond donors (Lipinski definition) is 0. The summed E-state index contributed by atoms with van der Waals surface area (Å²) in [6, 6.07) is 8.37. The molecule has 0 saturated carbocycles. The summed E-state index contributed by atoms with van der Waals surface area (Å²) in [6.07, 6.45) is 6.41. The van der Waals surface area contributed by atoms with Gasteiger partial charge < -0.3 is 9.64 Å². The smallest absolute Gasteiger partial charge is 0.168 e. The highest BCUT2D eigenvalue weighted by Crippen LogP contribution is 2.34. The normalized spacial score (nSPS) is 24.5. The monoisotopic (exact) mass is 257 g/mol. The van der Waals surface area contributed by atoms with Gasteiger partial charge in [0.05, 0.1) is 6.54 Å². The molecule has 0 saturated heterocycles. The van der Waals surface area contributed by atoms with Crippen LogP contribution in [0.1, 0.15) is 5.56 Å². The van der Waals surface area contributed by atoms with Crippen LogP contribution in [0.3, 0.4) is 0 Å². The lowest BCUT2D eigenvalue weighted by molar-refractivity contribution is -0.892. The fraction of sp³-hybridized carbons (Fsp3) is 0.375. The Morgan fingerprint density at radius 3 is 2.95 bits per heavy atom. The zero-order valence-electron chi connectivity index (χ0n) is 11.7. The molecule has 2 aliphatic heterocycles. The lowest BCUT2D eigenvalue weighted by Crippen LogP contribution is -2.47. The second-order valence-electron chi connectivity index (χ2n) is 5.68. The van der Waals surface area contributed by atoms with Crippen LogP contribution in [0.25, 0.3) is 0 Å². The Kier molecular flexibility index (Phi) is 3.17. The lowest BCUT2D eigenvalue weighted by Gasteiger charge is -2.34. The number of rotatable bonds is 3. The maximum Gasteiger partial charge on any atom is 0.168 e. The Hall–Kier alpha value is -1.58. The van der Waals surface area contributed by atoms with Gasteiger partial charge in [-0.1, -0.05) is 12.1 Å². The van der Waals surface area contributed by atoms with Crippen LogP contribution in [0, 0.1) is 0 Å². The number of para-hydroxylation sites is 1. The Bertz CT molecular complexity index is 533. The number of likely N-dealkylation sites (N-methyl/N-ethyl adjacent to an activating group) is 1. The molecule has 3 rings (SSSR count). The van der Waals surface area contributed by atoms with E-state index in [-0.39, 0.29) is 0 Å². The molecule has 0 fully saturated rings. The Morgan fingerprint density at radius 2 is 2.11 bits per heavy atom. The molecule has 1 aromatic carbocycles. The fourth-order valence-corrected chi connectivity index (χ4v) is 2.84. The zero-order chi connectivity index (χ0) is 13.3. The molecule has 2 aliphatic rings. The molecule has 0 radical (unpaired) electrons. The number of ether oxygens (including phenoxy) is 1. The van der Waals surface area contributed by atoms with Crippen molar-refractivity contribution in [1.29, 1.82) is 0 Å². The van der Waals surface area contributed by atoms with Crippen LogP contribution in [0.2, 0.25) is 0 Å². The number of hydrogen-bond acceptors (Lipinski definition) is 2. The van der Waals surface area contributed by atoms with Crippen molar-refractivity contribution in [3.8, 4) is 5.75 Å². The van der Waals surface area contributed by atoms with E-state index < -0.39 is 0 Å². The van der Waals surface area contributed by atoms with Crippen molar-refractivity contribution in [1.82, 2.24) is 4.90 Å². The number of quaternary nitrogens is 1. The van der Waals surface area contributed by atoms with E-state index in [1.807, 2.05) is 12.3 Å². The first kappa shape index (κ1) is 12.5.